The monoisotopic (exact) mass is 322 g/mol. The van der Waals surface area contributed by atoms with Crippen molar-refractivity contribution in [3.63, 3.8) is 0 Å². The summed E-state index contributed by atoms with van der Waals surface area (Å²) < 4.78 is 6.59. The summed E-state index contributed by atoms with van der Waals surface area (Å²) in [6.45, 7) is 1.69. The van der Waals surface area contributed by atoms with Crippen molar-refractivity contribution in [3.05, 3.63) is 74.2 Å². The van der Waals surface area contributed by atoms with E-state index in [0.717, 1.165) is 4.40 Å². The molecule has 0 aliphatic rings. The quantitative estimate of drug-likeness (QED) is 0.541. The molecule has 3 aromatic rings. The average Bonchev–Trinajstić information content (AvgIpc) is 2.56. The van der Waals surface area contributed by atoms with Crippen LogP contribution in [-0.2, 0) is 0 Å². The Morgan fingerprint density at radius 1 is 1.33 bits per heavy atom. The number of fused-ring (bicyclic) bond motifs is 1. The molecule has 3 rings (SSSR count). The molecule has 1 aromatic carbocycles. The molecule has 0 spiro atoms. The summed E-state index contributed by atoms with van der Waals surface area (Å²) in [6, 6.07) is 11.4. The van der Waals surface area contributed by atoms with E-state index in [0.29, 0.717) is 11.1 Å². The first-order valence-corrected chi connectivity index (χ1v) is 6.85. The van der Waals surface area contributed by atoms with Crippen LogP contribution in [0.3, 0.4) is 0 Å². The zero-order chi connectivity index (χ0) is 17.3. The third-order valence-corrected chi connectivity index (χ3v) is 3.37. The maximum Gasteiger partial charge on any atom is 0.396 e. The molecule has 0 amide bonds. The van der Waals surface area contributed by atoms with Gasteiger partial charge >= 0.3 is 17.1 Å². The summed E-state index contributed by atoms with van der Waals surface area (Å²) in [5.74, 6) is -0.103. The van der Waals surface area contributed by atoms with Crippen LogP contribution in [0.1, 0.15) is 11.1 Å². The van der Waals surface area contributed by atoms with E-state index in [1.54, 1.807) is 31.2 Å². The topological polar surface area (TPSA) is 111 Å². The molecule has 0 saturated heterocycles. The molecule has 2 aromatic heterocycles. The van der Waals surface area contributed by atoms with Gasteiger partial charge in [-0.3, -0.25) is 19.3 Å². The highest BCUT2D eigenvalue weighted by Crippen LogP contribution is 2.29. The predicted octanol–water partition coefficient (Wildman–Crippen LogP) is 2.58. The smallest absolute Gasteiger partial charge is 0.396 e. The number of aromatic nitrogens is 2. The summed E-state index contributed by atoms with van der Waals surface area (Å²) in [7, 11) is 0. The van der Waals surface area contributed by atoms with E-state index in [4.69, 9.17) is 10.00 Å². The molecule has 0 N–H and O–H groups in total. The van der Waals surface area contributed by atoms with Gasteiger partial charge in [-0.05, 0) is 42.8 Å². The molecule has 8 heteroatoms. The average molecular weight is 322 g/mol. The molecule has 0 radical (unpaired) electrons. The standard InChI is InChI=1S/C16H10N4O4/c1-10-8-11(9-17)5-6-12(10)24-15-14(20(22)23)16(21)19-7-3-2-4-13(19)18-15/h2-8H,1H3. The molecule has 0 aliphatic heterocycles. The second-order valence-electron chi connectivity index (χ2n) is 4.95. The molecule has 0 saturated carbocycles. The van der Waals surface area contributed by atoms with Crippen LogP contribution in [0, 0.1) is 28.4 Å². The Bertz CT molecular complexity index is 1070. The van der Waals surface area contributed by atoms with E-state index in [9.17, 15) is 14.9 Å². The fraction of sp³-hybridized carbons (Fsp3) is 0.0625. The predicted molar refractivity (Wildman–Crippen MR) is 84.1 cm³/mol. The van der Waals surface area contributed by atoms with E-state index < -0.39 is 16.2 Å². The van der Waals surface area contributed by atoms with Crippen LogP contribution in [0.25, 0.3) is 5.65 Å². The number of nitrogens with zero attached hydrogens (tertiary/aromatic N) is 4. The zero-order valence-electron chi connectivity index (χ0n) is 12.5. The largest absolute Gasteiger partial charge is 0.433 e. The first-order valence-electron chi connectivity index (χ1n) is 6.85. The number of hydrogen-bond donors (Lipinski definition) is 0. The molecule has 0 bridgehead atoms. The third-order valence-electron chi connectivity index (χ3n) is 3.37. The molecule has 0 aliphatic carbocycles. The van der Waals surface area contributed by atoms with Crippen LogP contribution in [0.15, 0.2) is 47.4 Å². The highest BCUT2D eigenvalue weighted by atomic mass is 16.6. The van der Waals surface area contributed by atoms with Crippen LogP contribution < -0.4 is 10.3 Å². The first-order chi connectivity index (χ1) is 11.5. The number of ether oxygens (including phenoxy) is 1. The molecule has 118 valence electrons. The SMILES string of the molecule is Cc1cc(C#N)ccc1Oc1nc2ccccn2c(=O)c1[N+](=O)[O-]. The molecule has 24 heavy (non-hydrogen) atoms. The number of benzene rings is 1. The van der Waals surface area contributed by atoms with Gasteiger partial charge in [-0.1, -0.05) is 6.07 Å². The van der Waals surface area contributed by atoms with Gasteiger partial charge in [-0.15, -0.1) is 0 Å². The van der Waals surface area contributed by atoms with Crippen LogP contribution >= 0.6 is 0 Å². The van der Waals surface area contributed by atoms with Crippen molar-refractivity contribution in [1.82, 2.24) is 9.38 Å². The lowest BCUT2D eigenvalue weighted by molar-refractivity contribution is -0.387. The highest BCUT2D eigenvalue weighted by Gasteiger charge is 2.25. The number of nitro groups is 1. The lowest BCUT2D eigenvalue weighted by atomic mass is 10.1. The van der Waals surface area contributed by atoms with Gasteiger partial charge in [-0.2, -0.15) is 10.2 Å². The molecular weight excluding hydrogens is 312 g/mol. The first kappa shape index (κ1) is 15.2. The van der Waals surface area contributed by atoms with Crippen LogP contribution in [0.5, 0.6) is 11.6 Å². The second-order valence-corrected chi connectivity index (χ2v) is 4.95. The van der Waals surface area contributed by atoms with Crippen LogP contribution in [-0.4, -0.2) is 14.3 Å². The van der Waals surface area contributed by atoms with Crippen LogP contribution in [0.4, 0.5) is 5.69 Å². The van der Waals surface area contributed by atoms with Gasteiger partial charge in [0.2, 0.25) is 0 Å². The van der Waals surface area contributed by atoms with Gasteiger partial charge in [0.05, 0.1) is 16.6 Å². The number of hydrogen-bond acceptors (Lipinski definition) is 6. The summed E-state index contributed by atoms with van der Waals surface area (Å²) in [5, 5.41) is 20.2. The minimum Gasteiger partial charge on any atom is -0.433 e. The molecule has 2 heterocycles. The van der Waals surface area contributed by atoms with Crippen molar-refractivity contribution in [2.24, 2.45) is 0 Å². The van der Waals surface area contributed by atoms with Gasteiger partial charge < -0.3 is 4.74 Å². The lowest BCUT2D eigenvalue weighted by Crippen LogP contribution is -2.19. The number of aryl methyl sites for hydroxylation is 1. The maximum atomic E-state index is 12.3. The van der Waals surface area contributed by atoms with Crippen molar-refractivity contribution in [1.29, 1.82) is 5.26 Å². The normalized spacial score (nSPS) is 10.3. The summed E-state index contributed by atoms with van der Waals surface area (Å²) in [5.41, 5.74) is -0.317. The molecule has 0 fully saturated rings. The van der Waals surface area contributed by atoms with Crippen LogP contribution in [0.2, 0.25) is 0 Å². The molecular formula is C16H10N4O4. The minimum atomic E-state index is -0.827. The maximum absolute atomic E-state index is 12.3. The van der Waals surface area contributed by atoms with Crippen molar-refractivity contribution >= 4 is 11.3 Å². The Hall–Kier alpha value is -3.73. The van der Waals surface area contributed by atoms with Gasteiger partial charge in [-0.25, -0.2) is 0 Å². The van der Waals surface area contributed by atoms with E-state index in [1.807, 2.05) is 6.07 Å². The Morgan fingerprint density at radius 2 is 2.12 bits per heavy atom. The second kappa shape index (κ2) is 5.81. The molecule has 8 nitrogen and oxygen atoms in total. The van der Waals surface area contributed by atoms with Gasteiger partial charge in [0.25, 0.3) is 0 Å². The van der Waals surface area contributed by atoms with E-state index in [-0.39, 0.29) is 17.3 Å². The van der Waals surface area contributed by atoms with E-state index in [2.05, 4.69) is 4.98 Å². The lowest BCUT2D eigenvalue weighted by Gasteiger charge is -2.09. The molecule has 0 unspecified atom stereocenters. The zero-order valence-corrected chi connectivity index (χ0v) is 12.5. The van der Waals surface area contributed by atoms with Crippen molar-refractivity contribution < 1.29 is 9.66 Å². The molecule has 0 atom stereocenters. The fourth-order valence-electron chi connectivity index (χ4n) is 2.22. The number of pyridine rings is 1. The van der Waals surface area contributed by atoms with E-state index >= 15 is 0 Å². The summed E-state index contributed by atoms with van der Waals surface area (Å²) in [6.07, 6.45) is 1.40. The Kier molecular flexibility index (Phi) is 3.67. The third kappa shape index (κ3) is 2.55. The summed E-state index contributed by atoms with van der Waals surface area (Å²) in [4.78, 5) is 26.9. The Balaban J connectivity index is 2.19. The Labute approximate surface area is 135 Å². The fourth-order valence-corrected chi connectivity index (χ4v) is 2.22. The Morgan fingerprint density at radius 3 is 2.79 bits per heavy atom. The van der Waals surface area contributed by atoms with E-state index in [1.165, 1.54) is 18.3 Å². The number of rotatable bonds is 3. The summed E-state index contributed by atoms with van der Waals surface area (Å²) >= 11 is 0. The van der Waals surface area contributed by atoms with Gasteiger partial charge in [0, 0.05) is 6.20 Å². The van der Waals surface area contributed by atoms with Crippen molar-refractivity contribution in [2.75, 3.05) is 0 Å². The van der Waals surface area contributed by atoms with Gasteiger partial charge in [0.1, 0.15) is 11.4 Å². The van der Waals surface area contributed by atoms with Crippen molar-refractivity contribution in [2.45, 2.75) is 6.92 Å². The van der Waals surface area contributed by atoms with Gasteiger partial charge in [0.15, 0.2) is 0 Å². The number of nitriles is 1. The minimum absolute atomic E-state index is 0.231. The highest BCUT2D eigenvalue weighted by molar-refractivity contribution is 5.51. The van der Waals surface area contributed by atoms with Crippen molar-refractivity contribution in [3.8, 4) is 17.7 Å².